The number of anilines is 1. The molecule has 0 unspecified atom stereocenters. The van der Waals surface area contributed by atoms with E-state index in [0.717, 1.165) is 10.5 Å². The molecule has 3 aromatic rings. The van der Waals surface area contributed by atoms with Crippen LogP contribution in [0.2, 0.25) is 0 Å². The second-order valence-corrected chi connectivity index (χ2v) is 10.0. The van der Waals surface area contributed by atoms with Gasteiger partial charge in [-0.05, 0) is 66.4 Å². The highest BCUT2D eigenvalue weighted by Crippen LogP contribution is 2.25. The molecule has 0 fully saturated rings. The highest BCUT2D eigenvalue weighted by molar-refractivity contribution is 7.98. The number of nitrogens with one attached hydrogen (secondary N) is 1. The van der Waals surface area contributed by atoms with Gasteiger partial charge in [-0.25, -0.2) is 12.8 Å². The molecule has 0 aliphatic heterocycles. The average molecular weight is 489 g/mol. The summed E-state index contributed by atoms with van der Waals surface area (Å²) in [5, 5.41) is 2.76. The lowest BCUT2D eigenvalue weighted by atomic mass is 10.1. The van der Waals surface area contributed by atoms with Crippen molar-refractivity contribution < 1.29 is 22.3 Å². The summed E-state index contributed by atoms with van der Waals surface area (Å²) < 4.78 is 44.5. The number of amides is 1. The van der Waals surface area contributed by atoms with Crippen LogP contribution >= 0.6 is 11.8 Å². The van der Waals surface area contributed by atoms with Gasteiger partial charge in [-0.3, -0.25) is 9.10 Å². The lowest BCUT2D eigenvalue weighted by molar-refractivity contribution is 0.0947. The van der Waals surface area contributed by atoms with Crippen molar-refractivity contribution in [3.8, 4) is 5.75 Å². The zero-order valence-electron chi connectivity index (χ0n) is 18.3. The Bertz CT molecular complexity index is 1180. The van der Waals surface area contributed by atoms with Gasteiger partial charge in [0.1, 0.15) is 18.2 Å². The number of hydrogen-bond donors (Lipinski definition) is 1. The SMILES string of the molecule is CSc1cccc(N(Cc2ccc(C(=O)NCCOc3ccc(F)cc3)cc2)S(C)(=O)=O)c1. The van der Waals surface area contributed by atoms with E-state index >= 15 is 0 Å². The third kappa shape index (κ3) is 7.23. The number of carbonyl (C=O) groups is 1. The minimum atomic E-state index is -3.50. The molecule has 0 aliphatic carbocycles. The monoisotopic (exact) mass is 488 g/mol. The van der Waals surface area contributed by atoms with Crippen molar-refractivity contribution in [1.82, 2.24) is 5.32 Å². The number of hydrogen-bond acceptors (Lipinski definition) is 5. The van der Waals surface area contributed by atoms with Crippen LogP contribution in [-0.4, -0.2) is 40.0 Å². The van der Waals surface area contributed by atoms with Crippen LogP contribution in [0.5, 0.6) is 5.75 Å². The van der Waals surface area contributed by atoms with Gasteiger partial charge in [-0.2, -0.15) is 0 Å². The number of carbonyl (C=O) groups excluding carboxylic acids is 1. The number of ether oxygens (including phenoxy) is 1. The molecule has 0 atom stereocenters. The Kier molecular flexibility index (Phi) is 8.35. The quantitative estimate of drug-likeness (QED) is 0.340. The highest BCUT2D eigenvalue weighted by Gasteiger charge is 2.18. The van der Waals surface area contributed by atoms with E-state index in [0.29, 0.717) is 17.0 Å². The van der Waals surface area contributed by atoms with Crippen molar-refractivity contribution in [3.05, 3.63) is 89.7 Å². The van der Waals surface area contributed by atoms with Crippen LogP contribution in [0.25, 0.3) is 0 Å². The lowest BCUT2D eigenvalue weighted by Gasteiger charge is -2.23. The third-order valence-corrected chi connectivity index (χ3v) is 6.62. The Hall–Kier alpha value is -3.04. The van der Waals surface area contributed by atoms with Gasteiger partial charge in [0.15, 0.2) is 0 Å². The van der Waals surface area contributed by atoms with E-state index in [4.69, 9.17) is 4.74 Å². The van der Waals surface area contributed by atoms with Crippen LogP contribution in [0, 0.1) is 5.82 Å². The first kappa shape index (κ1) is 24.6. The number of halogens is 1. The molecule has 1 amide bonds. The van der Waals surface area contributed by atoms with Gasteiger partial charge < -0.3 is 10.1 Å². The maximum absolute atomic E-state index is 12.9. The molecular formula is C24H25FN2O4S2. The summed E-state index contributed by atoms with van der Waals surface area (Å²) in [6, 6.07) is 19.8. The van der Waals surface area contributed by atoms with Crippen molar-refractivity contribution in [3.63, 3.8) is 0 Å². The smallest absolute Gasteiger partial charge is 0.251 e. The van der Waals surface area contributed by atoms with Crippen molar-refractivity contribution in [2.24, 2.45) is 0 Å². The van der Waals surface area contributed by atoms with E-state index in [1.165, 1.54) is 46.6 Å². The predicted molar refractivity (Wildman–Crippen MR) is 130 cm³/mol. The molecule has 9 heteroatoms. The first-order chi connectivity index (χ1) is 15.8. The summed E-state index contributed by atoms with van der Waals surface area (Å²) in [6.45, 7) is 0.684. The Morgan fingerprint density at radius 2 is 1.76 bits per heavy atom. The van der Waals surface area contributed by atoms with E-state index in [1.807, 2.05) is 24.5 Å². The van der Waals surface area contributed by atoms with Crippen LogP contribution in [0.4, 0.5) is 10.1 Å². The van der Waals surface area contributed by atoms with Gasteiger partial charge in [-0.1, -0.05) is 18.2 Å². The molecule has 174 valence electrons. The van der Waals surface area contributed by atoms with E-state index in [2.05, 4.69) is 5.32 Å². The number of benzene rings is 3. The standard InChI is InChI=1S/C24H25FN2O4S2/c1-32-23-5-3-4-21(16-23)27(33(2,29)30)17-18-6-8-19(9-7-18)24(28)26-14-15-31-22-12-10-20(25)11-13-22/h3-13,16H,14-15,17H2,1-2H3,(H,26,28). The summed E-state index contributed by atoms with van der Waals surface area (Å²) in [6.07, 6.45) is 3.11. The molecule has 3 rings (SSSR count). The molecule has 0 heterocycles. The van der Waals surface area contributed by atoms with Gasteiger partial charge in [-0.15, -0.1) is 11.8 Å². The van der Waals surface area contributed by atoms with Gasteiger partial charge in [0.25, 0.3) is 5.91 Å². The van der Waals surface area contributed by atoms with E-state index < -0.39 is 10.0 Å². The Morgan fingerprint density at radius 1 is 1.06 bits per heavy atom. The zero-order chi connectivity index (χ0) is 23.8. The topological polar surface area (TPSA) is 75.7 Å². The van der Waals surface area contributed by atoms with E-state index in [-0.39, 0.29) is 31.4 Å². The van der Waals surface area contributed by atoms with Crippen molar-refractivity contribution in [1.29, 1.82) is 0 Å². The summed E-state index contributed by atoms with van der Waals surface area (Å²) in [5.41, 5.74) is 1.80. The van der Waals surface area contributed by atoms with Crippen LogP contribution in [0.3, 0.4) is 0 Å². The number of nitrogens with zero attached hydrogens (tertiary/aromatic N) is 1. The molecule has 0 radical (unpaired) electrons. The van der Waals surface area contributed by atoms with Gasteiger partial charge >= 0.3 is 0 Å². The molecule has 1 N–H and O–H groups in total. The molecule has 6 nitrogen and oxygen atoms in total. The van der Waals surface area contributed by atoms with Crippen molar-refractivity contribution in [2.75, 3.05) is 30.0 Å². The maximum atomic E-state index is 12.9. The van der Waals surface area contributed by atoms with E-state index in [1.54, 1.807) is 30.3 Å². The van der Waals surface area contributed by atoms with Gasteiger partial charge in [0.2, 0.25) is 10.0 Å². The van der Waals surface area contributed by atoms with Crippen molar-refractivity contribution >= 4 is 33.4 Å². The summed E-state index contributed by atoms with van der Waals surface area (Å²) in [5.74, 6) is -0.0855. The molecule has 0 bridgehead atoms. The third-order valence-electron chi connectivity index (χ3n) is 4.75. The largest absolute Gasteiger partial charge is 0.492 e. The zero-order valence-corrected chi connectivity index (χ0v) is 20.0. The van der Waals surface area contributed by atoms with Gasteiger partial charge in [0, 0.05) is 10.5 Å². The fourth-order valence-corrected chi connectivity index (χ4v) is 4.39. The lowest BCUT2D eigenvalue weighted by Crippen LogP contribution is -2.29. The second kappa shape index (κ2) is 11.2. The summed E-state index contributed by atoms with van der Waals surface area (Å²) >= 11 is 1.54. The molecule has 33 heavy (non-hydrogen) atoms. The first-order valence-electron chi connectivity index (χ1n) is 10.1. The molecule has 0 spiro atoms. The minimum Gasteiger partial charge on any atom is -0.492 e. The highest BCUT2D eigenvalue weighted by atomic mass is 32.2. The number of sulfonamides is 1. The number of thioether (sulfide) groups is 1. The Labute approximate surface area is 197 Å². The molecule has 0 saturated carbocycles. The van der Waals surface area contributed by atoms with Gasteiger partial charge in [0.05, 0.1) is 25.0 Å². The van der Waals surface area contributed by atoms with Crippen molar-refractivity contribution in [2.45, 2.75) is 11.4 Å². The Morgan fingerprint density at radius 3 is 2.39 bits per heavy atom. The first-order valence-corrected chi connectivity index (χ1v) is 13.2. The normalized spacial score (nSPS) is 11.1. The predicted octanol–water partition coefficient (Wildman–Crippen LogP) is 4.32. The minimum absolute atomic E-state index is 0.157. The molecule has 0 saturated heterocycles. The molecular weight excluding hydrogens is 463 g/mol. The summed E-state index contributed by atoms with van der Waals surface area (Å²) in [4.78, 5) is 13.3. The summed E-state index contributed by atoms with van der Waals surface area (Å²) in [7, 11) is -3.50. The van der Waals surface area contributed by atoms with Crippen LogP contribution in [0.1, 0.15) is 15.9 Å². The maximum Gasteiger partial charge on any atom is 0.251 e. The number of rotatable bonds is 10. The fraction of sp³-hybridized carbons (Fsp3) is 0.208. The molecule has 0 aromatic heterocycles. The average Bonchev–Trinajstić information content (AvgIpc) is 2.81. The van der Waals surface area contributed by atoms with Crippen LogP contribution < -0.4 is 14.4 Å². The van der Waals surface area contributed by atoms with Crippen LogP contribution in [0.15, 0.2) is 77.7 Å². The molecule has 0 aliphatic rings. The van der Waals surface area contributed by atoms with E-state index in [9.17, 15) is 17.6 Å². The second-order valence-electron chi connectivity index (χ2n) is 7.23. The fourth-order valence-electron chi connectivity index (χ4n) is 3.06. The van der Waals surface area contributed by atoms with Crippen LogP contribution in [-0.2, 0) is 16.6 Å². The molecule has 3 aromatic carbocycles. The Balaban J connectivity index is 1.58.